The molecule has 4 heterocycles. The molecule has 2 aromatic heterocycles. The predicted octanol–water partition coefficient (Wildman–Crippen LogP) is 1.36. The number of aromatic amines is 1. The fourth-order valence-corrected chi connectivity index (χ4v) is 6.57. The lowest BCUT2D eigenvalue weighted by Gasteiger charge is -2.41. The molecule has 0 bridgehead atoms. The Balaban J connectivity index is 1.28. The quantitative estimate of drug-likeness (QED) is 0.400. The highest BCUT2D eigenvalue weighted by molar-refractivity contribution is 7.89. The topological polar surface area (TPSA) is 145 Å². The van der Waals surface area contributed by atoms with Gasteiger partial charge in [-0.15, -0.1) is 0 Å². The minimum absolute atomic E-state index is 0.130. The van der Waals surface area contributed by atoms with Crippen LogP contribution in [0.2, 0.25) is 5.02 Å². The van der Waals surface area contributed by atoms with Crippen molar-refractivity contribution in [2.45, 2.75) is 24.0 Å². The van der Waals surface area contributed by atoms with E-state index in [-0.39, 0.29) is 17.6 Å². The molecule has 1 atom stereocenters. The molecular formula is C25H31ClN8O5S. The maximum Gasteiger partial charge on any atom is 0.329 e. The van der Waals surface area contributed by atoms with Crippen molar-refractivity contribution in [3.8, 4) is 0 Å². The Bertz CT molecular complexity index is 1520. The smallest absolute Gasteiger partial charge is 0.329 e. The summed E-state index contributed by atoms with van der Waals surface area (Å²) in [5, 5.41) is 0.111. The number of anilines is 2. The van der Waals surface area contributed by atoms with Gasteiger partial charge in [0.2, 0.25) is 17.0 Å². The van der Waals surface area contributed by atoms with Crippen LogP contribution in [0.4, 0.5) is 11.8 Å². The number of hydrogen-bond acceptors (Lipinski definition) is 10. The monoisotopic (exact) mass is 590 g/mol. The SMILES string of the molecule is COC(=O)C1CN(S(=O)(=O)c2nc3ccc(Cl)cc3[nH]2)CC(=O)N1CC1CCN(c2ccnc(N(C)C)n2)CC1. The molecule has 0 aliphatic carbocycles. The highest BCUT2D eigenvalue weighted by atomic mass is 35.5. The van der Waals surface area contributed by atoms with E-state index in [0.717, 1.165) is 36.1 Å². The zero-order valence-electron chi connectivity index (χ0n) is 22.4. The number of methoxy groups -OCH3 is 1. The molecule has 2 saturated heterocycles. The molecule has 3 aromatic rings. The van der Waals surface area contributed by atoms with Gasteiger partial charge in [0, 0.05) is 51.5 Å². The van der Waals surface area contributed by atoms with Crippen molar-refractivity contribution in [1.29, 1.82) is 0 Å². The van der Waals surface area contributed by atoms with Gasteiger partial charge in [0.1, 0.15) is 11.9 Å². The maximum absolute atomic E-state index is 13.4. The van der Waals surface area contributed by atoms with Crippen LogP contribution in [0.25, 0.3) is 11.0 Å². The van der Waals surface area contributed by atoms with Gasteiger partial charge in [-0.3, -0.25) is 4.79 Å². The highest BCUT2D eigenvalue weighted by Gasteiger charge is 2.44. The molecule has 1 amide bonds. The van der Waals surface area contributed by atoms with Gasteiger partial charge in [0.15, 0.2) is 0 Å². The number of imidazole rings is 1. The van der Waals surface area contributed by atoms with Crippen LogP contribution in [-0.4, -0.2) is 109 Å². The molecule has 5 rings (SSSR count). The van der Waals surface area contributed by atoms with E-state index in [1.807, 2.05) is 25.1 Å². The number of fused-ring (bicyclic) bond motifs is 1. The fourth-order valence-electron chi connectivity index (χ4n) is 5.08. The van der Waals surface area contributed by atoms with Gasteiger partial charge >= 0.3 is 5.97 Å². The summed E-state index contributed by atoms with van der Waals surface area (Å²) < 4.78 is 32.8. The van der Waals surface area contributed by atoms with E-state index >= 15 is 0 Å². The normalized spacial score (nSPS) is 19.3. The van der Waals surface area contributed by atoms with E-state index in [0.29, 0.717) is 28.5 Å². The first-order valence-electron chi connectivity index (χ1n) is 12.8. The first-order valence-corrected chi connectivity index (χ1v) is 14.7. The molecule has 2 fully saturated rings. The van der Waals surface area contributed by atoms with Gasteiger partial charge < -0.3 is 24.4 Å². The summed E-state index contributed by atoms with van der Waals surface area (Å²) >= 11 is 6.01. The molecule has 1 unspecified atom stereocenters. The summed E-state index contributed by atoms with van der Waals surface area (Å²) in [5.74, 6) is 0.473. The lowest BCUT2D eigenvalue weighted by atomic mass is 9.95. The van der Waals surface area contributed by atoms with E-state index in [2.05, 4.69) is 24.8 Å². The number of benzene rings is 1. The third kappa shape index (κ3) is 5.56. The van der Waals surface area contributed by atoms with E-state index in [4.69, 9.17) is 16.3 Å². The van der Waals surface area contributed by atoms with Crippen LogP contribution in [0, 0.1) is 5.92 Å². The second kappa shape index (κ2) is 11.2. The number of nitrogens with one attached hydrogen (secondary N) is 1. The summed E-state index contributed by atoms with van der Waals surface area (Å²) in [5.41, 5.74) is 0.871. The number of rotatable bonds is 7. The van der Waals surface area contributed by atoms with E-state index in [1.54, 1.807) is 24.4 Å². The van der Waals surface area contributed by atoms with Gasteiger partial charge in [-0.05, 0) is 43.0 Å². The molecule has 2 aliphatic heterocycles. The number of halogens is 1. The number of hydrogen-bond donors (Lipinski definition) is 1. The summed E-state index contributed by atoms with van der Waals surface area (Å²) in [6.45, 7) is 1.16. The van der Waals surface area contributed by atoms with Crippen LogP contribution < -0.4 is 9.80 Å². The van der Waals surface area contributed by atoms with Gasteiger partial charge in [-0.2, -0.15) is 9.29 Å². The molecule has 15 heteroatoms. The number of piperidine rings is 1. The molecule has 1 N–H and O–H groups in total. The van der Waals surface area contributed by atoms with E-state index < -0.39 is 34.5 Å². The lowest BCUT2D eigenvalue weighted by Crippen LogP contribution is -2.61. The average Bonchev–Trinajstić information content (AvgIpc) is 3.38. The van der Waals surface area contributed by atoms with Crippen molar-refractivity contribution in [2.24, 2.45) is 5.92 Å². The number of carbonyl (C=O) groups excluding carboxylic acids is 2. The van der Waals surface area contributed by atoms with Crippen LogP contribution in [0.3, 0.4) is 0 Å². The minimum atomic E-state index is -4.20. The third-order valence-corrected chi connectivity index (χ3v) is 9.16. The summed E-state index contributed by atoms with van der Waals surface area (Å²) in [7, 11) is 0.797. The van der Waals surface area contributed by atoms with Crippen LogP contribution in [0.1, 0.15) is 12.8 Å². The predicted molar refractivity (Wildman–Crippen MR) is 149 cm³/mol. The standard InChI is InChI=1S/C25H31ClN8O5S/c1-31(2)24-27-9-6-21(30-24)32-10-7-16(8-11-32)13-34-20(23(36)39-3)14-33(15-22(34)35)40(37,38)25-28-18-5-4-17(26)12-19(18)29-25/h4-6,9,12,16,20H,7-8,10-11,13-15H2,1-3H3,(H,28,29). The number of esters is 1. The van der Waals surface area contributed by atoms with Crippen molar-refractivity contribution >= 4 is 56.3 Å². The van der Waals surface area contributed by atoms with Gasteiger partial charge in [0.05, 0.1) is 24.7 Å². The molecule has 0 radical (unpaired) electrons. The van der Waals surface area contributed by atoms with Crippen LogP contribution in [-0.2, 0) is 24.3 Å². The number of sulfonamides is 1. The molecule has 214 valence electrons. The number of aromatic nitrogens is 4. The first kappa shape index (κ1) is 28.1. The average molecular weight is 591 g/mol. The molecule has 0 saturated carbocycles. The number of ether oxygens (including phenoxy) is 1. The summed E-state index contributed by atoms with van der Waals surface area (Å²) in [4.78, 5) is 47.4. The Morgan fingerprint density at radius 2 is 1.95 bits per heavy atom. The van der Waals surface area contributed by atoms with Crippen LogP contribution in [0.15, 0.2) is 35.6 Å². The molecule has 1 aromatic carbocycles. The Hall–Kier alpha value is -3.49. The number of carbonyl (C=O) groups is 2. The Morgan fingerprint density at radius 1 is 1.20 bits per heavy atom. The van der Waals surface area contributed by atoms with Gasteiger partial charge in [-0.25, -0.2) is 23.2 Å². The molecule has 13 nitrogen and oxygen atoms in total. The van der Waals surface area contributed by atoms with Crippen molar-refractivity contribution in [3.63, 3.8) is 0 Å². The first-order chi connectivity index (χ1) is 19.1. The molecule has 2 aliphatic rings. The van der Waals surface area contributed by atoms with Crippen molar-refractivity contribution in [2.75, 3.05) is 63.7 Å². The van der Waals surface area contributed by atoms with Crippen molar-refractivity contribution < 1.29 is 22.7 Å². The summed E-state index contributed by atoms with van der Waals surface area (Å²) in [6.07, 6.45) is 3.29. The molecular weight excluding hydrogens is 560 g/mol. The Kier molecular flexibility index (Phi) is 7.84. The summed E-state index contributed by atoms with van der Waals surface area (Å²) in [6, 6.07) is 5.59. The molecule has 40 heavy (non-hydrogen) atoms. The van der Waals surface area contributed by atoms with E-state index in [1.165, 1.54) is 12.0 Å². The number of nitrogens with zero attached hydrogens (tertiary/aromatic N) is 7. The maximum atomic E-state index is 13.4. The Labute approximate surface area is 237 Å². The van der Waals surface area contributed by atoms with E-state index in [9.17, 15) is 18.0 Å². The second-order valence-electron chi connectivity index (χ2n) is 10.1. The number of amides is 1. The second-order valence-corrected chi connectivity index (χ2v) is 12.4. The van der Waals surface area contributed by atoms with Crippen molar-refractivity contribution in [1.82, 2.24) is 29.1 Å². The van der Waals surface area contributed by atoms with Crippen LogP contribution in [0.5, 0.6) is 0 Å². The largest absolute Gasteiger partial charge is 0.467 e. The number of H-pyrrole nitrogens is 1. The van der Waals surface area contributed by atoms with Gasteiger partial charge in [-0.1, -0.05) is 11.6 Å². The minimum Gasteiger partial charge on any atom is -0.467 e. The zero-order valence-corrected chi connectivity index (χ0v) is 24.0. The van der Waals surface area contributed by atoms with Crippen LogP contribution >= 0.6 is 11.6 Å². The zero-order chi connectivity index (χ0) is 28.6. The third-order valence-electron chi connectivity index (χ3n) is 7.29. The lowest BCUT2D eigenvalue weighted by molar-refractivity contribution is -0.157. The fraction of sp³-hybridized carbons (Fsp3) is 0.480. The molecule has 0 spiro atoms. The van der Waals surface area contributed by atoms with Crippen molar-refractivity contribution in [3.05, 3.63) is 35.5 Å². The highest BCUT2D eigenvalue weighted by Crippen LogP contribution is 2.27. The Morgan fingerprint density at radius 3 is 2.65 bits per heavy atom. The van der Waals surface area contributed by atoms with Gasteiger partial charge in [0.25, 0.3) is 10.0 Å². The number of piperazine rings is 1.